The molecule has 1 amide bonds. The first-order valence-electron chi connectivity index (χ1n) is 4.78. The normalized spacial score (nSPS) is 10.1. The molecular weight excluding hydrogens is 222 g/mol. The van der Waals surface area contributed by atoms with Gasteiger partial charge in [0.05, 0.1) is 23.1 Å². The lowest BCUT2D eigenvalue weighted by atomic mass is 10.3. The van der Waals surface area contributed by atoms with E-state index in [0.717, 1.165) is 11.4 Å². The van der Waals surface area contributed by atoms with E-state index in [1.54, 1.807) is 35.9 Å². The van der Waals surface area contributed by atoms with Gasteiger partial charge in [-0.3, -0.25) is 9.78 Å². The molecule has 4 nitrogen and oxygen atoms in total. The van der Waals surface area contributed by atoms with Crippen molar-refractivity contribution in [3.8, 4) is 0 Å². The molecule has 0 saturated carbocycles. The molecule has 0 aliphatic heterocycles. The second-order valence-corrected chi connectivity index (χ2v) is 4.20. The average Bonchev–Trinajstić information content (AvgIpc) is 2.75. The average molecular weight is 233 g/mol. The quantitative estimate of drug-likeness (QED) is 0.798. The zero-order valence-corrected chi connectivity index (χ0v) is 9.86. The Labute approximate surface area is 97.6 Å². The summed E-state index contributed by atoms with van der Waals surface area (Å²) in [6.07, 6.45) is 3.34. The lowest BCUT2D eigenvalue weighted by Gasteiger charge is -2.15. The van der Waals surface area contributed by atoms with Crippen LogP contribution in [0.3, 0.4) is 0 Å². The van der Waals surface area contributed by atoms with Gasteiger partial charge >= 0.3 is 0 Å². The number of thiazole rings is 1. The Balaban J connectivity index is 2.27. The van der Waals surface area contributed by atoms with Gasteiger partial charge in [0.1, 0.15) is 4.88 Å². The third-order valence-corrected chi connectivity index (χ3v) is 3.19. The van der Waals surface area contributed by atoms with Crippen molar-refractivity contribution in [2.24, 2.45) is 0 Å². The van der Waals surface area contributed by atoms with Crippen molar-refractivity contribution >= 4 is 22.9 Å². The zero-order chi connectivity index (χ0) is 11.5. The molecule has 16 heavy (non-hydrogen) atoms. The molecule has 5 heteroatoms. The number of amides is 1. The van der Waals surface area contributed by atoms with E-state index in [1.165, 1.54) is 11.3 Å². The smallest absolute Gasteiger partial charge is 0.270 e. The van der Waals surface area contributed by atoms with E-state index < -0.39 is 0 Å². The van der Waals surface area contributed by atoms with Crippen molar-refractivity contribution in [1.29, 1.82) is 0 Å². The minimum atomic E-state index is -0.0481. The van der Waals surface area contributed by atoms with Crippen LogP contribution in [0, 0.1) is 6.92 Å². The summed E-state index contributed by atoms with van der Waals surface area (Å²) in [6.45, 7) is 1.83. The Kier molecular flexibility index (Phi) is 2.96. The topological polar surface area (TPSA) is 46.1 Å². The van der Waals surface area contributed by atoms with Crippen LogP contribution in [0.5, 0.6) is 0 Å². The number of nitrogens with zero attached hydrogens (tertiary/aromatic N) is 3. The number of anilines is 1. The van der Waals surface area contributed by atoms with E-state index in [1.807, 2.05) is 13.0 Å². The monoisotopic (exact) mass is 233 g/mol. The summed E-state index contributed by atoms with van der Waals surface area (Å²) in [6, 6.07) is 3.65. The van der Waals surface area contributed by atoms with Crippen molar-refractivity contribution in [3.63, 3.8) is 0 Å². The van der Waals surface area contributed by atoms with Crippen molar-refractivity contribution in [3.05, 3.63) is 40.6 Å². The number of carbonyl (C=O) groups is 1. The largest absolute Gasteiger partial charge is 0.309 e. The maximum atomic E-state index is 12.1. The first-order chi connectivity index (χ1) is 7.70. The molecule has 0 aliphatic rings. The number of pyridine rings is 1. The van der Waals surface area contributed by atoms with Gasteiger partial charge in [0, 0.05) is 13.2 Å². The van der Waals surface area contributed by atoms with E-state index in [2.05, 4.69) is 9.97 Å². The molecule has 0 atom stereocenters. The van der Waals surface area contributed by atoms with Crippen LogP contribution in [0.2, 0.25) is 0 Å². The van der Waals surface area contributed by atoms with Gasteiger partial charge in [0.25, 0.3) is 5.91 Å². The number of carbonyl (C=O) groups excluding carboxylic acids is 1. The van der Waals surface area contributed by atoms with Gasteiger partial charge in [-0.25, -0.2) is 4.98 Å². The van der Waals surface area contributed by atoms with E-state index in [4.69, 9.17) is 0 Å². The Morgan fingerprint density at radius 1 is 1.50 bits per heavy atom. The molecule has 0 spiro atoms. The fourth-order valence-corrected chi connectivity index (χ4v) is 2.11. The highest BCUT2D eigenvalue weighted by Gasteiger charge is 2.17. The van der Waals surface area contributed by atoms with Crippen molar-refractivity contribution in [2.45, 2.75) is 6.92 Å². The summed E-state index contributed by atoms with van der Waals surface area (Å²) >= 11 is 1.36. The van der Waals surface area contributed by atoms with Crippen molar-refractivity contribution in [1.82, 2.24) is 9.97 Å². The van der Waals surface area contributed by atoms with Gasteiger partial charge in [-0.05, 0) is 19.1 Å². The number of hydrogen-bond acceptors (Lipinski definition) is 4. The number of aromatic nitrogens is 2. The lowest BCUT2D eigenvalue weighted by Crippen LogP contribution is -2.26. The standard InChI is InChI=1S/C11H11N3OS/c1-8-10(16-7-13-8)11(15)14(2)9-4-3-5-12-6-9/h3-7H,1-2H3. The fourth-order valence-electron chi connectivity index (χ4n) is 1.33. The first-order valence-corrected chi connectivity index (χ1v) is 5.66. The molecule has 2 aromatic rings. The molecule has 0 radical (unpaired) electrons. The molecular formula is C11H11N3OS. The van der Waals surface area contributed by atoms with Gasteiger partial charge in [-0.1, -0.05) is 0 Å². The summed E-state index contributed by atoms with van der Waals surface area (Å²) in [7, 11) is 1.73. The Hall–Kier alpha value is -1.75. The highest BCUT2D eigenvalue weighted by molar-refractivity contribution is 7.12. The van der Waals surface area contributed by atoms with Crippen LogP contribution in [-0.2, 0) is 0 Å². The fraction of sp³-hybridized carbons (Fsp3) is 0.182. The lowest BCUT2D eigenvalue weighted by molar-refractivity contribution is 0.0996. The van der Waals surface area contributed by atoms with E-state index in [-0.39, 0.29) is 5.91 Å². The minimum absolute atomic E-state index is 0.0481. The predicted octanol–water partition coefficient (Wildman–Crippen LogP) is 2.12. The van der Waals surface area contributed by atoms with Gasteiger partial charge in [0.2, 0.25) is 0 Å². The summed E-state index contributed by atoms with van der Waals surface area (Å²) in [4.78, 5) is 22.4. The van der Waals surface area contributed by atoms with Crippen LogP contribution in [0.4, 0.5) is 5.69 Å². The zero-order valence-electron chi connectivity index (χ0n) is 9.04. The van der Waals surface area contributed by atoms with Crippen molar-refractivity contribution in [2.75, 3.05) is 11.9 Å². The maximum absolute atomic E-state index is 12.1. The van der Waals surface area contributed by atoms with Gasteiger partial charge in [-0.2, -0.15) is 0 Å². The molecule has 2 rings (SSSR count). The maximum Gasteiger partial charge on any atom is 0.270 e. The second kappa shape index (κ2) is 4.40. The van der Waals surface area contributed by atoms with Crippen LogP contribution < -0.4 is 4.90 Å². The summed E-state index contributed by atoms with van der Waals surface area (Å²) in [5.74, 6) is -0.0481. The van der Waals surface area contributed by atoms with E-state index in [9.17, 15) is 4.79 Å². The molecule has 0 saturated heterocycles. The van der Waals surface area contributed by atoms with Crippen LogP contribution >= 0.6 is 11.3 Å². The molecule has 2 heterocycles. The molecule has 0 aromatic carbocycles. The molecule has 0 unspecified atom stereocenters. The summed E-state index contributed by atoms with van der Waals surface area (Å²) in [5, 5.41) is 0. The highest BCUT2D eigenvalue weighted by Crippen LogP contribution is 2.18. The first kappa shape index (κ1) is 10.8. The second-order valence-electron chi connectivity index (χ2n) is 3.34. The van der Waals surface area contributed by atoms with Crippen LogP contribution in [0.15, 0.2) is 30.0 Å². The molecule has 0 aliphatic carbocycles. The highest BCUT2D eigenvalue weighted by atomic mass is 32.1. The predicted molar refractivity (Wildman–Crippen MR) is 63.8 cm³/mol. The van der Waals surface area contributed by atoms with E-state index >= 15 is 0 Å². The van der Waals surface area contributed by atoms with Crippen LogP contribution in [0.1, 0.15) is 15.4 Å². The SMILES string of the molecule is Cc1ncsc1C(=O)N(C)c1cccnc1. The Morgan fingerprint density at radius 3 is 2.88 bits per heavy atom. The molecule has 2 aromatic heterocycles. The third-order valence-electron chi connectivity index (χ3n) is 2.28. The number of hydrogen-bond donors (Lipinski definition) is 0. The molecule has 82 valence electrons. The van der Waals surface area contributed by atoms with Crippen LogP contribution in [-0.4, -0.2) is 22.9 Å². The van der Waals surface area contributed by atoms with Gasteiger partial charge in [-0.15, -0.1) is 11.3 Å². The Morgan fingerprint density at radius 2 is 2.31 bits per heavy atom. The molecule has 0 N–H and O–H groups in total. The molecule has 0 bridgehead atoms. The van der Waals surface area contributed by atoms with Gasteiger partial charge in [0.15, 0.2) is 0 Å². The number of aryl methyl sites for hydroxylation is 1. The van der Waals surface area contributed by atoms with Crippen molar-refractivity contribution < 1.29 is 4.79 Å². The van der Waals surface area contributed by atoms with Gasteiger partial charge < -0.3 is 4.90 Å². The Bertz CT molecular complexity index is 495. The summed E-state index contributed by atoms with van der Waals surface area (Å²) in [5.41, 5.74) is 3.23. The number of rotatable bonds is 2. The van der Waals surface area contributed by atoms with Crippen LogP contribution in [0.25, 0.3) is 0 Å². The summed E-state index contributed by atoms with van der Waals surface area (Å²) < 4.78 is 0. The van der Waals surface area contributed by atoms with E-state index in [0.29, 0.717) is 4.88 Å². The third kappa shape index (κ3) is 1.94. The molecule has 0 fully saturated rings. The minimum Gasteiger partial charge on any atom is -0.309 e.